The Bertz CT molecular complexity index is 589. The van der Waals surface area contributed by atoms with E-state index in [1.165, 1.54) is 17.4 Å². The number of hydrogen-bond donors (Lipinski definition) is 1. The minimum atomic E-state index is -0.667. The van der Waals surface area contributed by atoms with Crippen LogP contribution in [0.15, 0.2) is 23.0 Å². The van der Waals surface area contributed by atoms with E-state index in [4.69, 9.17) is 9.15 Å². The number of hydrogen-bond acceptors (Lipinski definition) is 5. The highest BCUT2D eigenvalue weighted by atomic mass is 16.6. The van der Waals surface area contributed by atoms with E-state index in [1.54, 1.807) is 26.8 Å². The van der Waals surface area contributed by atoms with Crippen molar-refractivity contribution in [2.24, 2.45) is 0 Å². The van der Waals surface area contributed by atoms with Crippen LogP contribution < -0.4 is 5.32 Å². The second-order valence-corrected chi connectivity index (χ2v) is 6.89. The standard InChI is InChI=1S/C17H24N2O5/c1-17(2,3)24-16(22)18-13-6-4-5-8-19(15(13)21)10-14(20)12-7-9-23-11-12/h7,9,11,13H,4-6,8,10H2,1-3H3,(H,18,22)/t13-/m0/s1. The Kier molecular flexibility index (Phi) is 5.64. The molecule has 2 heterocycles. The van der Waals surface area contributed by atoms with E-state index >= 15 is 0 Å². The van der Waals surface area contributed by atoms with Crippen LogP contribution in [0.25, 0.3) is 0 Å². The van der Waals surface area contributed by atoms with Gasteiger partial charge in [-0.25, -0.2) is 4.79 Å². The summed E-state index contributed by atoms with van der Waals surface area (Å²) in [6, 6.07) is 0.903. The molecular formula is C17H24N2O5. The van der Waals surface area contributed by atoms with Gasteiger partial charge in [0.1, 0.15) is 17.9 Å². The van der Waals surface area contributed by atoms with Crippen molar-refractivity contribution in [3.8, 4) is 0 Å². The predicted molar refractivity (Wildman–Crippen MR) is 86.6 cm³/mol. The Hall–Kier alpha value is -2.31. The normalized spacial score (nSPS) is 18.9. The molecule has 1 atom stereocenters. The highest BCUT2D eigenvalue weighted by Gasteiger charge is 2.31. The Labute approximate surface area is 141 Å². The van der Waals surface area contributed by atoms with Crippen LogP contribution in [0.2, 0.25) is 0 Å². The zero-order valence-corrected chi connectivity index (χ0v) is 14.3. The molecule has 1 aromatic heterocycles. The van der Waals surface area contributed by atoms with Crippen molar-refractivity contribution in [3.63, 3.8) is 0 Å². The first-order valence-corrected chi connectivity index (χ1v) is 8.10. The van der Waals surface area contributed by atoms with Crippen molar-refractivity contribution in [1.82, 2.24) is 10.2 Å². The van der Waals surface area contributed by atoms with Gasteiger partial charge in [0, 0.05) is 6.54 Å². The predicted octanol–water partition coefficient (Wildman–Crippen LogP) is 2.37. The fraction of sp³-hybridized carbons (Fsp3) is 0.588. The number of nitrogens with zero attached hydrogens (tertiary/aromatic N) is 1. The number of likely N-dealkylation sites (tertiary alicyclic amines) is 1. The van der Waals surface area contributed by atoms with Crippen LogP contribution in [-0.2, 0) is 9.53 Å². The van der Waals surface area contributed by atoms with Gasteiger partial charge in [-0.15, -0.1) is 0 Å². The fourth-order valence-electron chi connectivity index (χ4n) is 2.53. The van der Waals surface area contributed by atoms with Gasteiger partial charge in [0.15, 0.2) is 5.78 Å². The molecule has 0 bridgehead atoms. The SMILES string of the molecule is CC(C)(C)OC(=O)N[C@H]1CCCCN(CC(=O)c2ccoc2)C1=O. The zero-order valence-electron chi connectivity index (χ0n) is 14.3. The number of amides is 2. The monoisotopic (exact) mass is 336 g/mol. The number of Topliss-reactive ketones (excluding diaryl/α,β-unsaturated/α-hetero) is 1. The molecule has 2 amide bonds. The summed E-state index contributed by atoms with van der Waals surface area (Å²) in [6.07, 6.45) is 4.28. The summed E-state index contributed by atoms with van der Waals surface area (Å²) in [5.74, 6) is -0.440. The smallest absolute Gasteiger partial charge is 0.408 e. The van der Waals surface area contributed by atoms with Gasteiger partial charge in [-0.05, 0) is 46.1 Å². The molecule has 0 saturated carbocycles. The Morgan fingerprint density at radius 3 is 2.75 bits per heavy atom. The van der Waals surface area contributed by atoms with E-state index in [0.29, 0.717) is 18.5 Å². The van der Waals surface area contributed by atoms with Gasteiger partial charge < -0.3 is 19.4 Å². The molecule has 0 aromatic carbocycles. The molecule has 1 N–H and O–H groups in total. The van der Waals surface area contributed by atoms with Crippen LogP contribution in [0.5, 0.6) is 0 Å². The molecule has 0 aliphatic carbocycles. The van der Waals surface area contributed by atoms with Crippen molar-refractivity contribution in [1.29, 1.82) is 0 Å². The number of alkyl carbamates (subject to hydrolysis) is 1. The molecule has 1 fully saturated rings. The molecule has 1 aliphatic heterocycles. The summed E-state index contributed by atoms with van der Waals surface area (Å²) in [6.45, 7) is 5.76. The molecular weight excluding hydrogens is 312 g/mol. The average molecular weight is 336 g/mol. The minimum Gasteiger partial charge on any atom is -0.472 e. The second-order valence-electron chi connectivity index (χ2n) is 6.89. The Morgan fingerprint density at radius 2 is 2.12 bits per heavy atom. The topological polar surface area (TPSA) is 88.8 Å². The van der Waals surface area contributed by atoms with Gasteiger partial charge in [-0.1, -0.05) is 0 Å². The van der Waals surface area contributed by atoms with Crippen LogP contribution in [0.3, 0.4) is 0 Å². The first-order chi connectivity index (χ1) is 11.3. The average Bonchev–Trinajstić information content (AvgIpc) is 2.95. The maximum Gasteiger partial charge on any atom is 0.408 e. The summed E-state index contributed by atoms with van der Waals surface area (Å²) >= 11 is 0. The molecule has 1 saturated heterocycles. The number of rotatable bonds is 4. The lowest BCUT2D eigenvalue weighted by Crippen LogP contribution is -2.49. The molecule has 132 valence electrons. The minimum absolute atomic E-state index is 0.0230. The lowest BCUT2D eigenvalue weighted by atomic mass is 10.1. The lowest BCUT2D eigenvalue weighted by Gasteiger charge is -2.26. The third kappa shape index (κ3) is 5.11. The number of nitrogens with one attached hydrogen (secondary N) is 1. The molecule has 1 aliphatic rings. The highest BCUT2D eigenvalue weighted by molar-refractivity contribution is 5.99. The van der Waals surface area contributed by atoms with Crippen molar-refractivity contribution in [3.05, 3.63) is 24.2 Å². The van der Waals surface area contributed by atoms with E-state index in [0.717, 1.165) is 12.8 Å². The van der Waals surface area contributed by atoms with Gasteiger partial charge in [-0.3, -0.25) is 9.59 Å². The third-order valence-electron chi connectivity index (χ3n) is 3.65. The van der Waals surface area contributed by atoms with Crippen LogP contribution in [0.4, 0.5) is 4.79 Å². The zero-order chi connectivity index (χ0) is 17.7. The second kappa shape index (κ2) is 7.51. The summed E-state index contributed by atoms with van der Waals surface area (Å²) < 4.78 is 10.1. The Balaban J connectivity index is 1.99. The van der Waals surface area contributed by atoms with Crippen LogP contribution in [0.1, 0.15) is 50.4 Å². The molecule has 24 heavy (non-hydrogen) atoms. The van der Waals surface area contributed by atoms with Crippen molar-refractivity contribution < 1.29 is 23.5 Å². The summed E-state index contributed by atoms with van der Waals surface area (Å²) in [5, 5.41) is 2.62. The van der Waals surface area contributed by atoms with Gasteiger partial charge in [-0.2, -0.15) is 0 Å². The molecule has 0 unspecified atom stereocenters. The number of ketones is 1. The van der Waals surface area contributed by atoms with Crippen LogP contribution in [-0.4, -0.2) is 47.4 Å². The fourth-order valence-corrected chi connectivity index (χ4v) is 2.53. The highest BCUT2D eigenvalue weighted by Crippen LogP contribution is 2.15. The van der Waals surface area contributed by atoms with Gasteiger partial charge in [0.05, 0.1) is 18.4 Å². The van der Waals surface area contributed by atoms with E-state index in [2.05, 4.69) is 5.32 Å². The quantitative estimate of drug-likeness (QED) is 0.853. The van der Waals surface area contributed by atoms with Gasteiger partial charge >= 0.3 is 6.09 Å². The van der Waals surface area contributed by atoms with E-state index < -0.39 is 17.7 Å². The molecule has 0 radical (unpaired) electrons. The van der Waals surface area contributed by atoms with Crippen LogP contribution in [0, 0.1) is 0 Å². The molecule has 7 heteroatoms. The summed E-state index contributed by atoms with van der Waals surface area (Å²) in [5.41, 5.74) is -0.196. The molecule has 0 spiro atoms. The molecule has 2 rings (SSSR count). The number of carbonyl (C=O) groups is 3. The van der Waals surface area contributed by atoms with Gasteiger partial charge in [0.25, 0.3) is 0 Å². The number of furan rings is 1. The maximum atomic E-state index is 12.6. The first kappa shape index (κ1) is 18.0. The number of ether oxygens (including phenoxy) is 1. The summed E-state index contributed by atoms with van der Waals surface area (Å²) in [4.78, 5) is 38.2. The van der Waals surface area contributed by atoms with E-state index in [1.807, 2.05) is 0 Å². The molecule has 7 nitrogen and oxygen atoms in total. The van der Waals surface area contributed by atoms with Crippen molar-refractivity contribution in [2.75, 3.05) is 13.1 Å². The van der Waals surface area contributed by atoms with Crippen LogP contribution >= 0.6 is 0 Å². The van der Waals surface area contributed by atoms with Crippen molar-refractivity contribution in [2.45, 2.75) is 51.7 Å². The summed E-state index contributed by atoms with van der Waals surface area (Å²) in [7, 11) is 0. The van der Waals surface area contributed by atoms with Gasteiger partial charge in [0.2, 0.25) is 5.91 Å². The maximum absolute atomic E-state index is 12.6. The van der Waals surface area contributed by atoms with Crippen molar-refractivity contribution >= 4 is 17.8 Å². The molecule has 1 aromatic rings. The first-order valence-electron chi connectivity index (χ1n) is 8.10. The van der Waals surface area contributed by atoms with E-state index in [9.17, 15) is 14.4 Å². The largest absolute Gasteiger partial charge is 0.472 e. The number of carbonyl (C=O) groups excluding carboxylic acids is 3. The lowest BCUT2D eigenvalue weighted by molar-refractivity contribution is -0.132. The van der Waals surface area contributed by atoms with E-state index in [-0.39, 0.29) is 18.2 Å². The Morgan fingerprint density at radius 1 is 1.38 bits per heavy atom. The third-order valence-corrected chi connectivity index (χ3v) is 3.65.